The van der Waals surface area contributed by atoms with Crippen molar-refractivity contribution in [3.63, 3.8) is 0 Å². The third-order valence-corrected chi connectivity index (χ3v) is 5.28. The molecule has 0 atom stereocenters. The fourth-order valence-corrected chi connectivity index (χ4v) is 3.80. The Morgan fingerprint density at radius 3 is 2.46 bits per heavy atom. The van der Waals surface area contributed by atoms with Crippen molar-refractivity contribution in [3.05, 3.63) is 81.9 Å². The van der Waals surface area contributed by atoms with Gasteiger partial charge in [0.25, 0.3) is 0 Å². The summed E-state index contributed by atoms with van der Waals surface area (Å²) in [5.41, 5.74) is 5.96. The maximum atomic E-state index is 5.95. The van der Waals surface area contributed by atoms with E-state index in [4.69, 9.17) is 11.6 Å². The van der Waals surface area contributed by atoms with Crippen LogP contribution in [0.25, 0.3) is 0 Å². The van der Waals surface area contributed by atoms with Gasteiger partial charge in [0.1, 0.15) is 0 Å². The number of halogens is 1. The van der Waals surface area contributed by atoms with Crippen LogP contribution in [0, 0.1) is 0 Å². The molecule has 1 N–H and O–H groups in total. The number of hydrogen-bond acceptors (Lipinski definition) is 1. The van der Waals surface area contributed by atoms with Gasteiger partial charge in [-0.2, -0.15) is 0 Å². The average molecular weight is 340 g/mol. The van der Waals surface area contributed by atoms with Crippen LogP contribution >= 0.6 is 11.6 Å². The lowest BCUT2D eigenvalue weighted by atomic mass is 9.79. The molecule has 3 rings (SSSR count). The van der Waals surface area contributed by atoms with Crippen molar-refractivity contribution in [2.75, 3.05) is 7.05 Å². The predicted molar refractivity (Wildman–Crippen MR) is 104 cm³/mol. The second-order valence-corrected chi connectivity index (χ2v) is 7.13. The Hall–Kier alpha value is -1.57. The maximum Gasteiger partial charge on any atom is 0.0406 e. The summed E-state index contributed by atoms with van der Waals surface area (Å²) in [5.74, 6) is 0.710. The maximum absolute atomic E-state index is 5.95. The van der Waals surface area contributed by atoms with E-state index < -0.39 is 0 Å². The molecule has 0 aromatic heterocycles. The highest BCUT2D eigenvalue weighted by atomic mass is 35.5. The van der Waals surface area contributed by atoms with E-state index >= 15 is 0 Å². The molecule has 0 heterocycles. The van der Waals surface area contributed by atoms with Crippen molar-refractivity contribution in [1.82, 2.24) is 5.32 Å². The zero-order valence-electron chi connectivity index (χ0n) is 14.4. The minimum absolute atomic E-state index is 0.710. The molecular formula is C22H26ClN. The molecule has 0 unspecified atom stereocenters. The molecule has 1 aliphatic carbocycles. The molecule has 1 saturated carbocycles. The van der Waals surface area contributed by atoms with E-state index in [1.165, 1.54) is 36.8 Å². The van der Waals surface area contributed by atoms with Crippen LogP contribution in [0.1, 0.15) is 48.3 Å². The van der Waals surface area contributed by atoms with Crippen LogP contribution in [0.5, 0.6) is 0 Å². The summed E-state index contributed by atoms with van der Waals surface area (Å²) in [5, 5.41) is 4.11. The van der Waals surface area contributed by atoms with Crippen LogP contribution in [-0.2, 0) is 13.0 Å². The molecule has 24 heavy (non-hydrogen) atoms. The van der Waals surface area contributed by atoms with Gasteiger partial charge in [-0.25, -0.2) is 0 Å². The number of benzene rings is 2. The van der Waals surface area contributed by atoms with Crippen LogP contribution in [0.15, 0.2) is 60.2 Å². The first kappa shape index (κ1) is 17.3. The molecule has 126 valence electrons. The smallest absolute Gasteiger partial charge is 0.0406 e. The quantitative estimate of drug-likeness (QED) is 0.670. The molecule has 0 bridgehead atoms. The Morgan fingerprint density at radius 1 is 1.04 bits per heavy atom. The van der Waals surface area contributed by atoms with Crippen molar-refractivity contribution in [2.45, 2.75) is 44.6 Å². The van der Waals surface area contributed by atoms with Gasteiger partial charge in [0.15, 0.2) is 0 Å². The van der Waals surface area contributed by atoms with E-state index in [1.54, 1.807) is 11.1 Å². The Balaban J connectivity index is 1.59. The SMILES string of the molecule is CNCc1ccccc1C1CCC(=CCc2ccc(Cl)cc2)CC1. The van der Waals surface area contributed by atoms with Crippen molar-refractivity contribution >= 4 is 11.6 Å². The van der Waals surface area contributed by atoms with Gasteiger partial charge in [-0.05, 0) is 73.9 Å². The standard InChI is InChI=1S/C22H26ClN/c1-24-16-20-4-2-3-5-22(20)19-12-8-17(9-13-19)6-7-18-10-14-21(23)15-11-18/h2-6,10-11,14-15,19,24H,7-9,12-13,16H2,1H3. The minimum Gasteiger partial charge on any atom is -0.316 e. The van der Waals surface area contributed by atoms with Gasteiger partial charge in [-0.1, -0.05) is 59.6 Å². The molecule has 1 aliphatic rings. The van der Waals surface area contributed by atoms with E-state index in [1.807, 2.05) is 19.2 Å². The first-order chi connectivity index (χ1) is 11.8. The molecule has 0 saturated heterocycles. The highest BCUT2D eigenvalue weighted by Gasteiger charge is 2.20. The largest absolute Gasteiger partial charge is 0.316 e. The number of rotatable bonds is 5. The lowest BCUT2D eigenvalue weighted by Gasteiger charge is -2.26. The van der Waals surface area contributed by atoms with Gasteiger partial charge in [0.05, 0.1) is 0 Å². The summed E-state index contributed by atoms with van der Waals surface area (Å²) in [4.78, 5) is 0. The van der Waals surface area contributed by atoms with Gasteiger partial charge in [-0.15, -0.1) is 0 Å². The summed E-state index contributed by atoms with van der Waals surface area (Å²) in [6, 6.07) is 17.1. The lowest BCUT2D eigenvalue weighted by molar-refractivity contribution is 0.511. The molecule has 0 amide bonds. The van der Waals surface area contributed by atoms with Crippen LogP contribution in [0.4, 0.5) is 0 Å². The fourth-order valence-electron chi connectivity index (χ4n) is 3.67. The zero-order valence-corrected chi connectivity index (χ0v) is 15.2. The Bertz CT molecular complexity index is 677. The van der Waals surface area contributed by atoms with Crippen LogP contribution in [-0.4, -0.2) is 7.05 Å². The molecule has 2 aromatic rings. The molecule has 1 nitrogen and oxygen atoms in total. The Labute approximate surface area is 150 Å². The summed E-state index contributed by atoms with van der Waals surface area (Å²) < 4.78 is 0. The molecule has 1 fully saturated rings. The first-order valence-electron chi connectivity index (χ1n) is 8.91. The average Bonchev–Trinajstić information content (AvgIpc) is 2.63. The number of hydrogen-bond donors (Lipinski definition) is 1. The molecule has 0 radical (unpaired) electrons. The predicted octanol–water partition coefficient (Wildman–Crippen LogP) is 5.89. The monoisotopic (exact) mass is 339 g/mol. The van der Waals surface area contributed by atoms with E-state index in [9.17, 15) is 0 Å². The summed E-state index contributed by atoms with van der Waals surface area (Å²) >= 11 is 5.95. The topological polar surface area (TPSA) is 12.0 Å². The summed E-state index contributed by atoms with van der Waals surface area (Å²) in [7, 11) is 2.02. The Kier molecular flexibility index (Phi) is 6.12. The first-order valence-corrected chi connectivity index (χ1v) is 9.29. The highest BCUT2D eigenvalue weighted by Crippen LogP contribution is 2.37. The van der Waals surface area contributed by atoms with E-state index in [0.29, 0.717) is 5.92 Å². The van der Waals surface area contributed by atoms with Gasteiger partial charge >= 0.3 is 0 Å². The zero-order chi connectivity index (χ0) is 16.8. The molecule has 2 aromatic carbocycles. The highest BCUT2D eigenvalue weighted by molar-refractivity contribution is 6.30. The van der Waals surface area contributed by atoms with Crippen LogP contribution in [0.2, 0.25) is 5.02 Å². The van der Waals surface area contributed by atoms with Crippen molar-refractivity contribution < 1.29 is 0 Å². The van der Waals surface area contributed by atoms with E-state index in [2.05, 4.69) is 47.8 Å². The van der Waals surface area contributed by atoms with Gasteiger partial charge in [-0.3, -0.25) is 0 Å². The normalized spacial score (nSPS) is 17.8. The van der Waals surface area contributed by atoms with Gasteiger partial charge < -0.3 is 5.32 Å². The van der Waals surface area contributed by atoms with Crippen LogP contribution in [0.3, 0.4) is 0 Å². The third kappa shape index (κ3) is 4.49. The minimum atomic E-state index is 0.710. The Morgan fingerprint density at radius 2 is 1.75 bits per heavy atom. The van der Waals surface area contributed by atoms with Crippen LogP contribution < -0.4 is 5.32 Å². The van der Waals surface area contributed by atoms with E-state index in [-0.39, 0.29) is 0 Å². The fraction of sp³-hybridized carbons (Fsp3) is 0.364. The summed E-state index contributed by atoms with van der Waals surface area (Å²) in [6.45, 7) is 0.964. The van der Waals surface area contributed by atoms with Gasteiger partial charge in [0.2, 0.25) is 0 Å². The summed E-state index contributed by atoms with van der Waals surface area (Å²) in [6.07, 6.45) is 8.45. The molecular weight excluding hydrogens is 314 g/mol. The number of allylic oxidation sites excluding steroid dienone is 2. The molecule has 0 aliphatic heterocycles. The van der Waals surface area contributed by atoms with E-state index in [0.717, 1.165) is 18.0 Å². The van der Waals surface area contributed by atoms with Crippen molar-refractivity contribution in [2.24, 2.45) is 0 Å². The number of nitrogens with one attached hydrogen (secondary N) is 1. The lowest BCUT2D eigenvalue weighted by Crippen LogP contribution is -2.13. The second-order valence-electron chi connectivity index (χ2n) is 6.70. The molecule has 2 heteroatoms. The third-order valence-electron chi connectivity index (χ3n) is 5.03. The molecule has 0 spiro atoms. The van der Waals surface area contributed by atoms with Gasteiger partial charge in [0, 0.05) is 11.6 Å². The second kappa shape index (κ2) is 8.50. The van der Waals surface area contributed by atoms with Crippen molar-refractivity contribution in [3.8, 4) is 0 Å². The van der Waals surface area contributed by atoms with Crippen molar-refractivity contribution in [1.29, 1.82) is 0 Å².